The van der Waals surface area contributed by atoms with E-state index in [0.717, 1.165) is 49.6 Å². The van der Waals surface area contributed by atoms with Gasteiger partial charge in [-0.1, -0.05) is 30.3 Å². The molecule has 1 aromatic carbocycles. The SMILES string of the molecule is O=C(OCc1ccccc1)N1CCN(C[C@@H]2C[C@@H]3CC[C@H]2CN3)CC1. The first-order chi connectivity index (χ1) is 12.3. The predicted octanol–water partition coefficient (Wildman–Crippen LogP) is 2.33. The highest BCUT2D eigenvalue weighted by atomic mass is 16.6. The van der Waals surface area contributed by atoms with E-state index in [9.17, 15) is 4.79 Å². The van der Waals surface area contributed by atoms with Crippen molar-refractivity contribution in [1.82, 2.24) is 15.1 Å². The smallest absolute Gasteiger partial charge is 0.410 e. The fourth-order valence-electron chi connectivity index (χ4n) is 4.58. The second-order valence-electron chi connectivity index (χ2n) is 7.77. The maximum atomic E-state index is 12.2. The van der Waals surface area contributed by atoms with Gasteiger partial charge in [-0.3, -0.25) is 4.90 Å². The van der Waals surface area contributed by atoms with Crippen molar-refractivity contribution < 1.29 is 9.53 Å². The molecule has 1 amide bonds. The third-order valence-electron chi connectivity index (χ3n) is 6.14. The van der Waals surface area contributed by atoms with E-state index in [-0.39, 0.29) is 6.09 Å². The van der Waals surface area contributed by atoms with Gasteiger partial charge in [-0.15, -0.1) is 0 Å². The Bertz CT molecular complexity index is 564. The van der Waals surface area contributed by atoms with Gasteiger partial charge in [-0.05, 0) is 43.2 Å². The first-order valence-corrected chi connectivity index (χ1v) is 9.69. The molecular formula is C20H29N3O2. The number of piperazine rings is 1. The van der Waals surface area contributed by atoms with Gasteiger partial charge in [0.25, 0.3) is 0 Å². The van der Waals surface area contributed by atoms with Crippen LogP contribution in [0.3, 0.4) is 0 Å². The number of rotatable bonds is 4. The molecule has 1 aliphatic carbocycles. The fraction of sp³-hybridized carbons (Fsp3) is 0.650. The van der Waals surface area contributed by atoms with E-state index in [1.54, 1.807) is 0 Å². The Kier molecular flexibility index (Phi) is 5.22. The van der Waals surface area contributed by atoms with E-state index < -0.39 is 0 Å². The van der Waals surface area contributed by atoms with Crippen LogP contribution in [0.25, 0.3) is 0 Å². The molecule has 1 aromatic rings. The highest BCUT2D eigenvalue weighted by molar-refractivity contribution is 5.67. The summed E-state index contributed by atoms with van der Waals surface area (Å²) < 4.78 is 5.45. The largest absolute Gasteiger partial charge is 0.445 e. The van der Waals surface area contributed by atoms with Crippen LogP contribution in [0.1, 0.15) is 24.8 Å². The molecule has 3 atom stereocenters. The lowest BCUT2D eigenvalue weighted by molar-refractivity contribution is 0.0492. The second-order valence-corrected chi connectivity index (χ2v) is 7.77. The molecule has 4 aliphatic rings. The van der Waals surface area contributed by atoms with E-state index in [2.05, 4.69) is 10.2 Å². The molecule has 3 saturated heterocycles. The Morgan fingerprint density at radius 2 is 1.92 bits per heavy atom. The van der Waals surface area contributed by atoms with Crippen molar-refractivity contribution in [3.05, 3.63) is 35.9 Å². The standard InChI is InChI=1S/C20H29N3O2/c24-20(25-15-16-4-2-1-3-5-16)23-10-8-22(9-11-23)14-18-12-19-7-6-17(18)13-21-19/h1-5,17-19,21H,6-15H2/t17-,18-,19-/m0/s1. The molecule has 1 N–H and O–H groups in total. The molecular weight excluding hydrogens is 314 g/mol. The normalized spacial score (nSPS) is 29.6. The number of nitrogens with one attached hydrogen (secondary N) is 1. The summed E-state index contributed by atoms with van der Waals surface area (Å²) in [5.41, 5.74) is 1.04. The first-order valence-electron chi connectivity index (χ1n) is 9.69. The van der Waals surface area contributed by atoms with Crippen LogP contribution in [0.2, 0.25) is 0 Å². The van der Waals surface area contributed by atoms with E-state index in [4.69, 9.17) is 4.74 Å². The van der Waals surface area contributed by atoms with Crippen LogP contribution in [0.5, 0.6) is 0 Å². The lowest BCUT2D eigenvalue weighted by Crippen LogP contribution is -2.54. The molecule has 2 bridgehead atoms. The summed E-state index contributed by atoms with van der Waals surface area (Å²) in [6.45, 7) is 6.29. The van der Waals surface area contributed by atoms with Gasteiger partial charge in [0.05, 0.1) is 0 Å². The Morgan fingerprint density at radius 1 is 1.12 bits per heavy atom. The van der Waals surface area contributed by atoms with Crippen LogP contribution in [-0.2, 0) is 11.3 Å². The van der Waals surface area contributed by atoms with Gasteiger partial charge in [0.1, 0.15) is 6.61 Å². The average molecular weight is 343 g/mol. The van der Waals surface area contributed by atoms with Gasteiger partial charge in [-0.2, -0.15) is 0 Å². The molecule has 5 heteroatoms. The molecule has 0 aromatic heterocycles. The third-order valence-corrected chi connectivity index (χ3v) is 6.14. The van der Waals surface area contributed by atoms with Crippen LogP contribution in [-0.4, -0.2) is 61.2 Å². The minimum absolute atomic E-state index is 0.176. The molecule has 1 saturated carbocycles. The van der Waals surface area contributed by atoms with Crippen molar-refractivity contribution in [3.8, 4) is 0 Å². The van der Waals surface area contributed by atoms with E-state index >= 15 is 0 Å². The van der Waals surface area contributed by atoms with Crippen LogP contribution in [0, 0.1) is 11.8 Å². The molecule has 3 heterocycles. The molecule has 0 unspecified atom stereocenters. The number of hydrogen-bond acceptors (Lipinski definition) is 4. The Morgan fingerprint density at radius 3 is 2.56 bits per heavy atom. The molecule has 25 heavy (non-hydrogen) atoms. The molecule has 5 rings (SSSR count). The Hall–Kier alpha value is -1.59. The van der Waals surface area contributed by atoms with Gasteiger partial charge >= 0.3 is 6.09 Å². The lowest BCUT2D eigenvalue weighted by Gasteiger charge is -2.46. The van der Waals surface area contributed by atoms with Gasteiger partial charge in [-0.25, -0.2) is 4.79 Å². The maximum Gasteiger partial charge on any atom is 0.410 e. The third kappa shape index (κ3) is 4.15. The van der Waals surface area contributed by atoms with Gasteiger partial charge < -0.3 is 15.0 Å². The van der Waals surface area contributed by atoms with Crippen molar-refractivity contribution in [2.75, 3.05) is 39.3 Å². The van der Waals surface area contributed by atoms with E-state index in [0.29, 0.717) is 6.61 Å². The summed E-state index contributed by atoms with van der Waals surface area (Å²) in [5, 5.41) is 3.65. The maximum absolute atomic E-state index is 12.2. The van der Waals surface area contributed by atoms with E-state index in [1.165, 1.54) is 32.4 Å². The molecule has 0 radical (unpaired) electrons. The zero-order valence-corrected chi connectivity index (χ0v) is 14.9. The number of ether oxygens (including phenoxy) is 1. The summed E-state index contributed by atoms with van der Waals surface area (Å²) in [6.07, 6.45) is 3.92. The number of carbonyl (C=O) groups is 1. The number of carbonyl (C=O) groups excluding carboxylic acids is 1. The van der Waals surface area contributed by atoms with Crippen molar-refractivity contribution >= 4 is 6.09 Å². The zero-order valence-electron chi connectivity index (χ0n) is 14.9. The van der Waals surface area contributed by atoms with Crippen LogP contribution < -0.4 is 5.32 Å². The van der Waals surface area contributed by atoms with Crippen LogP contribution >= 0.6 is 0 Å². The summed E-state index contributed by atoms with van der Waals surface area (Å²) in [7, 11) is 0. The van der Waals surface area contributed by atoms with Crippen LogP contribution in [0.15, 0.2) is 30.3 Å². The number of nitrogens with zero attached hydrogens (tertiary/aromatic N) is 2. The number of benzene rings is 1. The summed E-state index contributed by atoms with van der Waals surface area (Å²) in [6, 6.07) is 10.6. The first kappa shape index (κ1) is 16.9. The highest BCUT2D eigenvalue weighted by Gasteiger charge is 2.36. The molecule has 0 spiro atoms. The summed E-state index contributed by atoms with van der Waals surface area (Å²) >= 11 is 0. The molecule has 136 valence electrons. The van der Waals surface area contributed by atoms with Gasteiger partial charge in [0.2, 0.25) is 0 Å². The Balaban J connectivity index is 1.19. The quantitative estimate of drug-likeness (QED) is 0.911. The molecule has 5 nitrogen and oxygen atoms in total. The van der Waals surface area contributed by atoms with Crippen molar-refractivity contribution in [1.29, 1.82) is 0 Å². The number of hydrogen-bond donors (Lipinski definition) is 1. The van der Waals surface area contributed by atoms with Gasteiger partial charge in [0, 0.05) is 38.8 Å². The topological polar surface area (TPSA) is 44.8 Å². The van der Waals surface area contributed by atoms with Crippen molar-refractivity contribution in [3.63, 3.8) is 0 Å². The Labute approximate surface area is 150 Å². The number of amides is 1. The number of fused-ring (bicyclic) bond motifs is 3. The van der Waals surface area contributed by atoms with Gasteiger partial charge in [0.15, 0.2) is 0 Å². The fourth-order valence-corrected chi connectivity index (χ4v) is 4.58. The second kappa shape index (κ2) is 7.75. The zero-order chi connectivity index (χ0) is 17.1. The van der Waals surface area contributed by atoms with Crippen LogP contribution in [0.4, 0.5) is 4.79 Å². The van der Waals surface area contributed by atoms with Crippen molar-refractivity contribution in [2.24, 2.45) is 11.8 Å². The van der Waals surface area contributed by atoms with Crippen molar-refractivity contribution in [2.45, 2.75) is 31.9 Å². The lowest BCUT2D eigenvalue weighted by atomic mass is 9.73. The molecule has 3 aliphatic heterocycles. The number of piperidine rings is 2. The monoisotopic (exact) mass is 343 g/mol. The highest BCUT2D eigenvalue weighted by Crippen LogP contribution is 2.34. The van der Waals surface area contributed by atoms with E-state index in [1.807, 2.05) is 35.2 Å². The summed E-state index contributed by atoms with van der Waals surface area (Å²) in [4.78, 5) is 16.7. The minimum Gasteiger partial charge on any atom is -0.445 e. The molecule has 4 fully saturated rings. The average Bonchev–Trinajstić information content (AvgIpc) is 2.68. The predicted molar refractivity (Wildman–Crippen MR) is 97.3 cm³/mol. The minimum atomic E-state index is -0.176. The summed E-state index contributed by atoms with van der Waals surface area (Å²) in [5.74, 6) is 1.70.